The van der Waals surface area contributed by atoms with Crippen molar-refractivity contribution in [3.05, 3.63) is 0 Å². The molecule has 8 nitrogen and oxygen atoms in total. The van der Waals surface area contributed by atoms with E-state index in [2.05, 4.69) is 10.4 Å². The molecule has 3 atom stereocenters. The standard InChI is InChI=1S/C8H17N4O4P/c1-8(9,7(14)15)12-17(10,16)5-3-2-4-11-6(5)13/h5H,2-4,9H2,1H3,(H,11,13)(H,14,15)(H3,10,12,16)/t5-,8?,17?/m0/s1. The van der Waals surface area contributed by atoms with E-state index in [-0.39, 0.29) is 0 Å². The van der Waals surface area contributed by atoms with E-state index < -0.39 is 30.6 Å². The molecule has 1 aliphatic rings. The molecular weight excluding hydrogens is 247 g/mol. The summed E-state index contributed by atoms with van der Waals surface area (Å²) in [6, 6.07) is 0. The van der Waals surface area contributed by atoms with E-state index in [0.29, 0.717) is 19.4 Å². The van der Waals surface area contributed by atoms with Gasteiger partial charge in [-0.2, -0.15) is 0 Å². The molecule has 0 radical (unpaired) electrons. The normalized spacial score (nSPS) is 27.7. The highest BCUT2D eigenvalue weighted by atomic mass is 31.2. The number of piperidine rings is 1. The molecule has 1 fully saturated rings. The van der Waals surface area contributed by atoms with E-state index in [4.69, 9.17) is 16.3 Å². The monoisotopic (exact) mass is 264 g/mol. The molecule has 1 rings (SSSR count). The Labute approximate surface area is 98.6 Å². The Bertz CT molecular complexity index is 384. The summed E-state index contributed by atoms with van der Waals surface area (Å²) in [6.07, 6.45) is 0.996. The summed E-state index contributed by atoms with van der Waals surface area (Å²) in [7, 11) is -3.67. The van der Waals surface area contributed by atoms with Gasteiger partial charge in [-0.15, -0.1) is 0 Å². The van der Waals surface area contributed by atoms with Gasteiger partial charge in [0.25, 0.3) is 0 Å². The molecule has 0 saturated carbocycles. The van der Waals surface area contributed by atoms with Crippen LogP contribution in [0.1, 0.15) is 19.8 Å². The van der Waals surface area contributed by atoms with E-state index in [0.717, 1.165) is 6.92 Å². The van der Waals surface area contributed by atoms with Crippen LogP contribution in [0.2, 0.25) is 0 Å². The van der Waals surface area contributed by atoms with Gasteiger partial charge >= 0.3 is 5.97 Å². The average Bonchev–Trinajstić information content (AvgIpc) is 2.16. The second kappa shape index (κ2) is 4.73. The van der Waals surface area contributed by atoms with Crippen LogP contribution in [0.5, 0.6) is 0 Å². The third kappa shape index (κ3) is 3.26. The summed E-state index contributed by atoms with van der Waals surface area (Å²) in [6.45, 7) is 1.64. The Hall–Kier alpha value is -0.950. The van der Waals surface area contributed by atoms with Crippen LogP contribution in [0.25, 0.3) is 0 Å². The zero-order valence-corrected chi connectivity index (χ0v) is 10.4. The van der Waals surface area contributed by atoms with Gasteiger partial charge in [0.2, 0.25) is 13.4 Å². The first kappa shape index (κ1) is 14.1. The fourth-order valence-electron chi connectivity index (χ4n) is 1.61. The van der Waals surface area contributed by atoms with E-state index >= 15 is 0 Å². The molecule has 2 unspecified atom stereocenters. The minimum absolute atomic E-state index is 0.350. The number of carboxylic acids is 1. The fourth-order valence-corrected chi connectivity index (χ4v) is 3.59. The van der Waals surface area contributed by atoms with Crippen LogP contribution < -0.4 is 21.6 Å². The minimum Gasteiger partial charge on any atom is -0.479 e. The molecule has 7 N–H and O–H groups in total. The first-order valence-electron chi connectivity index (χ1n) is 5.14. The van der Waals surface area contributed by atoms with E-state index in [1.165, 1.54) is 0 Å². The highest BCUT2D eigenvalue weighted by molar-refractivity contribution is 7.61. The van der Waals surface area contributed by atoms with Crippen LogP contribution in [0.3, 0.4) is 0 Å². The van der Waals surface area contributed by atoms with E-state index in [1.807, 2.05) is 0 Å². The molecule has 0 aromatic heterocycles. The highest BCUT2D eigenvalue weighted by Gasteiger charge is 2.42. The Morgan fingerprint density at radius 2 is 2.29 bits per heavy atom. The summed E-state index contributed by atoms with van der Waals surface area (Å²) >= 11 is 0. The third-order valence-corrected chi connectivity index (χ3v) is 4.80. The van der Waals surface area contributed by atoms with Crippen molar-refractivity contribution < 1.29 is 19.3 Å². The Morgan fingerprint density at radius 3 is 2.76 bits per heavy atom. The van der Waals surface area contributed by atoms with Crippen LogP contribution in [-0.4, -0.2) is 34.8 Å². The molecule has 0 spiro atoms. The van der Waals surface area contributed by atoms with Gasteiger partial charge < -0.3 is 16.2 Å². The van der Waals surface area contributed by atoms with Crippen LogP contribution in [0, 0.1) is 0 Å². The molecule has 9 heteroatoms. The van der Waals surface area contributed by atoms with Crippen LogP contribution in [0.4, 0.5) is 0 Å². The zero-order chi connectivity index (χ0) is 13.3. The number of nitrogens with two attached hydrogens (primary N) is 2. The van der Waals surface area contributed by atoms with Gasteiger partial charge in [0.05, 0.1) is 0 Å². The Kier molecular flexibility index (Phi) is 3.93. The molecule has 0 aromatic carbocycles. The van der Waals surface area contributed by atoms with Crippen molar-refractivity contribution in [2.45, 2.75) is 31.1 Å². The number of aliphatic carboxylic acids is 1. The molecule has 17 heavy (non-hydrogen) atoms. The summed E-state index contributed by atoms with van der Waals surface area (Å²) in [5.74, 6) is -1.82. The predicted molar refractivity (Wildman–Crippen MR) is 61.2 cm³/mol. The van der Waals surface area contributed by atoms with Crippen molar-refractivity contribution in [2.24, 2.45) is 11.2 Å². The number of carbonyl (C=O) groups is 2. The predicted octanol–water partition coefficient (Wildman–Crippen LogP) is -1.23. The number of nitrogens with one attached hydrogen (secondary N) is 2. The summed E-state index contributed by atoms with van der Waals surface area (Å²) in [5.41, 5.74) is 8.09. The van der Waals surface area contributed by atoms with Crippen molar-refractivity contribution in [2.75, 3.05) is 6.54 Å². The van der Waals surface area contributed by atoms with E-state index in [9.17, 15) is 14.2 Å². The Morgan fingerprint density at radius 1 is 1.71 bits per heavy atom. The fraction of sp³-hybridized carbons (Fsp3) is 0.750. The van der Waals surface area contributed by atoms with Gasteiger partial charge in [0, 0.05) is 6.54 Å². The smallest absolute Gasteiger partial charge is 0.338 e. The molecule has 0 aliphatic carbocycles. The lowest BCUT2D eigenvalue weighted by atomic mass is 10.1. The van der Waals surface area contributed by atoms with Crippen molar-refractivity contribution in [3.63, 3.8) is 0 Å². The first-order chi connectivity index (χ1) is 7.67. The van der Waals surface area contributed by atoms with Gasteiger partial charge in [-0.3, -0.25) is 14.9 Å². The number of hydrogen-bond acceptors (Lipinski definition) is 4. The van der Waals surface area contributed by atoms with Gasteiger partial charge in [0.1, 0.15) is 5.66 Å². The number of carboxylic acid groups (broad SMARTS) is 1. The summed E-state index contributed by atoms with van der Waals surface area (Å²) in [4.78, 5) is 22.3. The zero-order valence-electron chi connectivity index (χ0n) is 9.47. The molecule has 0 bridgehead atoms. The average molecular weight is 264 g/mol. The number of rotatable bonds is 4. The minimum atomic E-state index is -3.67. The molecule has 1 heterocycles. The second-order valence-corrected chi connectivity index (χ2v) is 6.54. The maximum absolute atomic E-state index is 12.2. The molecular formula is C8H17N4O4P. The lowest BCUT2D eigenvalue weighted by Gasteiger charge is -2.32. The first-order valence-corrected chi connectivity index (χ1v) is 6.99. The largest absolute Gasteiger partial charge is 0.479 e. The van der Waals surface area contributed by atoms with Gasteiger partial charge in [-0.05, 0) is 19.8 Å². The lowest BCUT2D eigenvalue weighted by molar-refractivity contribution is -0.143. The number of hydrogen-bond donors (Lipinski definition) is 5. The van der Waals surface area contributed by atoms with Crippen LogP contribution >= 0.6 is 7.44 Å². The molecule has 0 aromatic rings. The topological polar surface area (TPSA) is 148 Å². The number of carbonyl (C=O) groups excluding carboxylic acids is 1. The lowest BCUT2D eigenvalue weighted by Crippen LogP contribution is -2.58. The van der Waals surface area contributed by atoms with Crippen LogP contribution in [-0.2, 0) is 14.2 Å². The molecule has 1 amide bonds. The quantitative estimate of drug-likeness (QED) is 0.315. The van der Waals surface area contributed by atoms with Crippen LogP contribution in [0.15, 0.2) is 0 Å². The maximum Gasteiger partial charge on any atom is 0.338 e. The maximum atomic E-state index is 12.2. The summed E-state index contributed by atoms with van der Waals surface area (Å²) in [5, 5.41) is 13.5. The highest BCUT2D eigenvalue weighted by Crippen LogP contribution is 2.42. The van der Waals surface area contributed by atoms with Crippen molar-refractivity contribution in [1.29, 1.82) is 0 Å². The second-order valence-electron chi connectivity index (χ2n) is 4.28. The number of amides is 1. The molecule has 1 aliphatic heterocycles. The molecule has 1 saturated heterocycles. The SMILES string of the molecule is CC(N)(NP(N)(=O)[C@H]1CCCNC1=O)C(=O)O. The van der Waals surface area contributed by atoms with Crippen molar-refractivity contribution >= 4 is 19.3 Å². The Balaban J connectivity index is 2.84. The van der Waals surface area contributed by atoms with Crippen molar-refractivity contribution in [1.82, 2.24) is 10.4 Å². The van der Waals surface area contributed by atoms with E-state index in [1.54, 1.807) is 0 Å². The van der Waals surface area contributed by atoms with Gasteiger partial charge in [-0.25, -0.2) is 9.88 Å². The molecule has 98 valence electrons. The summed E-state index contributed by atoms with van der Waals surface area (Å²) < 4.78 is 12.2. The van der Waals surface area contributed by atoms with Crippen molar-refractivity contribution in [3.8, 4) is 0 Å². The third-order valence-electron chi connectivity index (χ3n) is 2.57. The van der Waals surface area contributed by atoms with Gasteiger partial charge in [-0.1, -0.05) is 0 Å². The van der Waals surface area contributed by atoms with Gasteiger partial charge in [0.15, 0.2) is 5.66 Å².